The smallest absolute Gasteiger partial charge is 0.341 e. The Balaban J connectivity index is 1.90. The lowest BCUT2D eigenvalue weighted by Gasteiger charge is -2.12. The molecule has 0 saturated heterocycles. The predicted octanol–water partition coefficient (Wildman–Crippen LogP) is 0.862. The van der Waals surface area contributed by atoms with E-state index in [1.807, 2.05) is 19.2 Å². The molecule has 2 heterocycles. The summed E-state index contributed by atoms with van der Waals surface area (Å²) >= 11 is 0. The molecular weight excluding hydrogens is 220 g/mol. The molecule has 0 spiro atoms. The van der Waals surface area contributed by atoms with E-state index in [2.05, 4.69) is 10.2 Å². The van der Waals surface area contributed by atoms with Crippen LogP contribution in [0.5, 0.6) is 0 Å². The van der Waals surface area contributed by atoms with Crippen LogP contribution in [0.4, 0.5) is 0 Å². The van der Waals surface area contributed by atoms with Gasteiger partial charge >= 0.3 is 5.97 Å². The number of hydrogen-bond acceptors (Lipinski definition) is 4. The lowest BCUT2D eigenvalue weighted by atomic mass is 10.3. The van der Waals surface area contributed by atoms with Crippen molar-refractivity contribution in [2.45, 2.75) is 19.6 Å². The number of hydrogen-bond donors (Lipinski definition) is 0. The molecule has 2 aromatic rings. The van der Waals surface area contributed by atoms with Gasteiger partial charge in [-0.15, -0.1) is 0 Å². The highest BCUT2D eigenvalue weighted by Gasteiger charge is 2.13. The zero-order chi connectivity index (χ0) is 12.3. The zero-order valence-electron chi connectivity index (χ0n) is 9.78. The van der Waals surface area contributed by atoms with Crippen LogP contribution in [0.3, 0.4) is 0 Å². The minimum atomic E-state index is -0.363. The van der Waals surface area contributed by atoms with Gasteiger partial charge in [0.25, 0.3) is 0 Å². The van der Waals surface area contributed by atoms with E-state index >= 15 is 0 Å². The summed E-state index contributed by atoms with van der Waals surface area (Å²) in [5, 5.41) is 7.97. The van der Waals surface area contributed by atoms with Crippen LogP contribution in [-0.4, -0.2) is 31.6 Å². The number of aromatic nitrogens is 4. The maximum atomic E-state index is 11.7. The van der Waals surface area contributed by atoms with Crippen LogP contribution in [0, 0.1) is 0 Å². The summed E-state index contributed by atoms with van der Waals surface area (Å²) in [5.41, 5.74) is 0.458. The van der Waals surface area contributed by atoms with Gasteiger partial charge in [0, 0.05) is 25.6 Å². The van der Waals surface area contributed by atoms with Gasteiger partial charge in [0.1, 0.15) is 6.10 Å². The molecule has 0 amide bonds. The molecule has 6 nitrogen and oxygen atoms in total. The minimum Gasteiger partial charge on any atom is -0.457 e. The molecule has 0 saturated carbocycles. The fraction of sp³-hybridized carbons (Fsp3) is 0.364. The number of carbonyl (C=O) groups is 1. The van der Waals surface area contributed by atoms with Crippen molar-refractivity contribution in [2.24, 2.45) is 7.05 Å². The fourth-order valence-electron chi connectivity index (χ4n) is 1.49. The normalized spacial score (nSPS) is 12.4. The second kappa shape index (κ2) is 4.82. The van der Waals surface area contributed by atoms with Gasteiger partial charge in [0.05, 0.1) is 18.3 Å². The Labute approximate surface area is 98.8 Å². The number of nitrogens with zero attached hydrogens (tertiary/aromatic N) is 4. The van der Waals surface area contributed by atoms with E-state index in [0.29, 0.717) is 12.1 Å². The third-order valence-corrected chi connectivity index (χ3v) is 2.25. The summed E-state index contributed by atoms with van der Waals surface area (Å²) in [6.07, 6.45) is 6.40. The highest BCUT2D eigenvalue weighted by atomic mass is 16.5. The SMILES string of the molecule is C[C@H](Cn1cccn1)OC(=O)c1cnn(C)c1. The van der Waals surface area contributed by atoms with E-state index in [9.17, 15) is 4.79 Å². The monoisotopic (exact) mass is 234 g/mol. The molecule has 1 atom stereocenters. The van der Waals surface area contributed by atoms with E-state index in [1.54, 1.807) is 28.8 Å². The van der Waals surface area contributed by atoms with Crippen molar-refractivity contribution in [2.75, 3.05) is 0 Å². The van der Waals surface area contributed by atoms with Crippen molar-refractivity contribution < 1.29 is 9.53 Å². The first-order valence-corrected chi connectivity index (χ1v) is 5.32. The van der Waals surface area contributed by atoms with Gasteiger partial charge in [-0.25, -0.2) is 4.79 Å². The third-order valence-electron chi connectivity index (χ3n) is 2.25. The molecule has 2 rings (SSSR count). The van der Waals surface area contributed by atoms with Crippen LogP contribution >= 0.6 is 0 Å². The van der Waals surface area contributed by atoms with Crippen LogP contribution in [0.1, 0.15) is 17.3 Å². The summed E-state index contributed by atoms with van der Waals surface area (Å²) in [5.74, 6) is -0.363. The first kappa shape index (κ1) is 11.4. The molecule has 17 heavy (non-hydrogen) atoms. The summed E-state index contributed by atoms with van der Waals surface area (Å²) < 4.78 is 8.56. The Morgan fingerprint density at radius 3 is 2.94 bits per heavy atom. The molecule has 0 aromatic carbocycles. The fourth-order valence-corrected chi connectivity index (χ4v) is 1.49. The van der Waals surface area contributed by atoms with Crippen LogP contribution in [0.25, 0.3) is 0 Å². The Kier molecular flexibility index (Phi) is 3.22. The van der Waals surface area contributed by atoms with E-state index < -0.39 is 0 Å². The third kappa shape index (κ3) is 2.93. The Hall–Kier alpha value is -2.11. The van der Waals surface area contributed by atoms with Crippen LogP contribution in [0.15, 0.2) is 30.9 Å². The second-order valence-electron chi connectivity index (χ2n) is 3.85. The van der Waals surface area contributed by atoms with Gasteiger partial charge < -0.3 is 4.74 Å². The summed E-state index contributed by atoms with van der Waals surface area (Å²) in [4.78, 5) is 11.7. The highest BCUT2D eigenvalue weighted by Crippen LogP contribution is 2.04. The van der Waals surface area contributed by atoms with E-state index in [-0.39, 0.29) is 12.1 Å². The van der Waals surface area contributed by atoms with E-state index in [0.717, 1.165) is 0 Å². The number of ether oxygens (including phenoxy) is 1. The van der Waals surface area contributed by atoms with Crippen LogP contribution in [0.2, 0.25) is 0 Å². The molecule has 0 bridgehead atoms. The lowest BCUT2D eigenvalue weighted by molar-refractivity contribution is 0.0299. The molecule has 6 heteroatoms. The molecule has 0 aliphatic carbocycles. The van der Waals surface area contributed by atoms with Crippen molar-refractivity contribution >= 4 is 5.97 Å². The van der Waals surface area contributed by atoms with Gasteiger partial charge in [0.15, 0.2) is 0 Å². The standard InChI is InChI=1S/C11H14N4O2/c1-9(7-15-5-3-4-12-15)17-11(16)10-6-13-14(2)8-10/h3-6,8-9H,7H2,1-2H3/t9-/m1/s1. The maximum Gasteiger partial charge on any atom is 0.341 e. The highest BCUT2D eigenvalue weighted by molar-refractivity contribution is 5.88. The van der Waals surface area contributed by atoms with E-state index in [1.165, 1.54) is 6.20 Å². The Bertz CT molecular complexity index is 489. The zero-order valence-corrected chi connectivity index (χ0v) is 9.78. The quantitative estimate of drug-likeness (QED) is 0.736. The minimum absolute atomic E-state index is 0.234. The van der Waals surface area contributed by atoms with Gasteiger partial charge in [-0.2, -0.15) is 10.2 Å². The van der Waals surface area contributed by atoms with Crippen molar-refractivity contribution in [3.8, 4) is 0 Å². The molecule has 0 N–H and O–H groups in total. The second-order valence-corrected chi connectivity index (χ2v) is 3.85. The number of carbonyl (C=O) groups excluding carboxylic acids is 1. The molecule has 0 aliphatic rings. The summed E-state index contributed by atoms with van der Waals surface area (Å²) in [7, 11) is 1.75. The average Bonchev–Trinajstić information content (AvgIpc) is 2.89. The van der Waals surface area contributed by atoms with Crippen molar-refractivity contribution in [3.63, 3.8) is 0 Å². The van der Waals surface area contributed by atoms with Crippen molar-refractivity contribution in [3.05, 3.63) is 36.4 Å². The molecule has 0 unspecified atom stereocenters. The van der Waals surface area contributed by atoms with Gasteiger partial charge in [-0.3, -0.25) is 9.36 Å². The lowest BCUT2D eigenvalue weighted by Crippen LogP contribution is -2.20. The molecule has 0 radical (unpaired) electrons. The molecule has 90 valence electrons. The van der Waals surface area contributed by atoms with Gasteiger partial charge in [0.2, 0.25) is 0 Å². The average molecular weight is 234 g/mol. The first-order valence-electron chi connectivity index (χ1n) is 5.32. The van der Waals surface area contributed by atoms with Gasteiger partial charge in [-0.05, 0) is 13.0 Å². The molecular formula is C11H14N4O2. The van der Waals surface area contributed by atoms with Crippen molar-refractivity contribution in [1.82, 2.24) is 19.6 Å². The van der Waals surface area contributed by atoms with Crippen LogP contribution < -0.4 is 0 Å². The summed E-state index contributed by atoms with van der Waals surface area (Å²) in [6, 6.07) is 1.83. The maximum absolute atomic E-state index is 11.7. The predicted molar refractivity (Wildman–Crippen MR) is 60.3 cm³/mol. The first-order chi connectivity index (χ1) is 8.15. The summed E-state index contributed by atoms with van der Waals surface area (Å²) in [6.45, 7) is 2.37. The Morgan fingerprint density at radius 2 is 2.35 bits per heavy atom. The van der Waals surface area contributed by atoms with Gasteiger partial charge in [-0.1, -0.05) is 0 Å². The van der Waals surface area contributed by atoms with Crippen LogP contribution in [-0.2, 0) is 18.3 Å². The van der Waals surface area contributed by atoms with E-state index in [4.69, 9.17) is 4.74 Å². The number of rotatable bonds is 4. The van der Waals surface area contributed by atoms with Crippen molar-refractivity contribution in [1.29, 1.82) is 0 Å². The topological polar surface area (TPSA) is 61.9 Å². The number of esters is 1. The molecule has 0 fully saturated rings. The Morgan fingerprint density at radius 1 is 1.53 bits per heavy atom. The number of aryl methyl sites for hydroxylation is 1. The largest absolute Gasteiger partial charge is 0.457 e. The molecule has 2 aromatic heterocycles. The molecule has 0 aliphatic heterocycles.